The Labute approximate surface area is 156 Å². The van der Waals surface area contributed by atoms with Gasteiger partial charge in [-0.1, -0.05) is 11.6 Å². The number of nitrogens with zero attached hydrogens (tertiary/aromatic N) is 3. The van der Waals surface area contributed by atoms with Gasteiger partial charge in [-0.05, 0) is 43.4 Å². The standard InChI is InChI=1S/C19H20ClN3O3/c20-14-11-17(26-12-13-5-7-21-8-6-13)19(25)23-15(14)3-4-16(23)18(24)22-9-1-2-10-22/h5-8,11,16H,1-4,9-10,12H2/t16-/m0/s1. The predicted octanol–water partition coefficient (Wildman–Crippen LogP) is 2.59. The molecule has 0 N–H and O–H groups in total. The third kappa shape index (κ3) is 3.09. The Morgan fingerprint density at radius 1 is 1.27 bits per heavy atom. The summed E-state index contributed by atoms with van der Waals surface area (Å²) in [5.74, 6) is 0.197. The summed E-state index contributed by atoms with van der Waals surface area (Å²) in [5.41, 5.74) is 1.35. The summed E-state index contributed by atoms with van der Waals surface area (Å²) in [6.07, 6.45) is 6.63. The first-order valence-corrected chi connectivity index (χ1v) is 9.27. The number of carbonyl (C=O) groups excluding carboxylic acids is 1. The van der Waals surface area contributed by atoms with E-state index in [4.69, 9.17) is 16.3 Å². The Balaban J connectivity index is 1.62. The number of aromatic nitrogens is 2. The molecule has 2 aliphatic rings. The monoisotopic (exact) mass is 373 g/mol. The molecule has 1 saturated heterocycles. The second-order valence-corrected chi connectivity index (χ2v) is 7.12. The summed E-state index contributed by atoms with van der Waals surface area (Å²) in [6, 6.07) is 4.75. The van der Waals surface area contributed by atoms with Crippen LogP contribution >= 0.6 is 11.6 Å². The summed E-state index contributed by atoms with van der Waals surface area (Å²) >= 11 is 6.38. The highest BCUT2D eigenvalue weighted by Crippen LogP contribution is 2.33. The Hall–Kier alpha value is -2.34. The first-order valence-electron chi connectivity index (χ1n) is 8.89. The van der Waals surface area contributed by atoms with Crippen molar-refractivity contribution in [3.05, 3.63) is 57.2 Å². The van der Waals surface area contributed by atoms with Crippen molar-refractivity contribution in [3.8, 4) is 5.75 Å². The van der Waals surface area contributed by atoms with Crippen LogP contribution in [0, 0.1) is 0 Å². The number of carbonyl (C=O) groups is 1. The highest BCUT2D eigenvalue weighted by molar-refractivity contribution is 6.31. The number of pyridine rings is 2. The van der Waals surface area contributed by atoms with Crippen LogP contribution in [0.1, 0.15) is 36.6 Å². The van der Waals surface area contributed by atoms with Gasteiger partial charge in [0, 0.05) is 37.2 Å². The average molecular weight is 374 g/mol. The molecule has 0 radical (unpaired) electrons. The van der Waals surface area contributed by atoms with Gasteiger partial charge in [0.1, 0.15) is 12.6 Å². The van der Waals surface area contributed by atoms with E-state index in [9.17, 15) is 9.59 Å². The maximum Gasteiger partial charge on any atom is 0.293 e. The molecule has 2 aromatic heterocycles. The molecule has 4 rings (SSSR count). The van der Waals surface area contributed by atoms with Crippen LogP contribution in [0.15, 0.2) is 35.4 Å². The topological polar surface area (TPSA) is 64.4 Å². The van der Waals surface area contributed by atoms with Crippen LogP contribution < -0.4 is 10.3 Å². The molecule has 1 fully saturated rings. The summed E-state index contributed by atoms with van der Waals surface area (Å²) in [7, 11) is 0. The van der Waals surface area contributed by atoms with Gasteiger partial charge in [0.25, 0.3) is 5.56 Å². The van der Waals surface area contributed by atoms with Gasteiger partial charge in [-0.3, -0.25) is 19.1 Å². The van der Waals surface area contributed by atoms with Crippen molar-refractivity contribution in [2.24, 2.45) is 0 Å². The number of likely N-dealkylation sites (tertiary alicyclic amines) is 1. The van der Waals surface area contributed by atoms with E-state index in [0.717, 1.165) is 37.2 Å². The van der Waals surface area contributed by atoms with E-state index >= 15 is 0 Å². The number of ether oxygens (including phenoxy) is 1. The van der Waals surface area contributed by atoms with Crippen LogP contribution in [-0.4, -0.2) is 33.4 Å². The Morgan fingerprint density at radius 2 is 2.00 bits per heavy atom. The first-order chi connectivity index (χ1) is 12.6. The summed E-state index contributed by atoms with van der Waals surface area (Å²) in [4.78, 5) is 31.6. The SMILES string of the molecule is O=C([C@@H]1CCc2c(Cl)cc(OCc3ccncc3)c(=O)n21)N1CCCC1. The van der Waals surface area contributed by atoms with Crippen molar-refractivity contribution in [3.63, 3.8) is 0 Å². The van der Waals surface area contributed by atoms with E-state index in [-0.39, 0.29) is 23.8 Å². The fourth-order valence-corrected chi connectivity index (χ4v) is 4.00. The van der Waals surface area contributed by atoms with Gasteiger partial charge in [0.15, 0.2) is 5.75 Å². The molecule has 1 amide bonds. The largest absolute Gasteiger partial charge is 0.483 e. The van der Waals surface area contributed by atoms with Crippen LogP contribution in [-0.2, 0) is 17.8 Å². The van der Waals surface area contributed by atoms with Crippen molar-refractivity contribution in [2.45, 2.75) is 38.3 Å². The number of fused-ring (bicyclic) bond motifs is 1. The molecule has 6 nitrogen and oxygen atoms in total. The lowest BCUT2D eigenvalue weighted by molar-refractivity contribution is -0.133. The minimum absolute atomic E-state index is 0.0192. The van der Waals surface area contributed by atoms with Gasteiger partial charge < -0.3 is 9.64 Å². The number of hydrogen-bond acceptors (Lipinski definition) is 4. The molecule has 26 heavy (non-hydrogen) atoms. The zero-order chi connectivity index (χ0) is 18.1. The van der Waals surface area contributed by atoms with Crippen LogP contribution in [0.3, 0.4) is 0 Å². The maximum absolute atomic E-state index is 13.0. The molecule has 0 unspecified atom stereocenters. The number of rotatable bonds is 4. The van der Waals surface area contributed by atoms with Crippen molar-refractivity contribution in [1.82, 2.24) is 14.5 Å². The fraction of sp³-hybridized carbons (Fsp3) is 0.421. The van der Waals surface area contributed by atoms with Crippen molar-refractivity contribution < 1.29 is 9.53 Å². The lowest BCUT2D eigenvalue weighted by Gasteiger charge is -2.22. The molecule has 0 saturated carbocycles. The van der Waals surface area contributed by atoms with E-state index in [2.05, 4.69) is 4.98 Å². The minimum atomic E-state index is -0.474. The predicted molar refractivity (Wildman–Crippen MR) is 97.5 cm³/mol. The average Bonchev–Trinajstić information content (AvgIpc) is 3.34. The molecule has 0 bridgehead atoms. The molecular weight excluding hydrogens is 354 g/mol. The second-order valence-electron chi connectivity index (χ2n) is 6.71. The maximum atomic E-state index is 13.0. The molecule has 2 aromatic rings. The number of hydrogen-bond donors (Lipinski definition) is 0. The minimum Gasteiger partial charge on any atom is -0.483 e. The van der Waals surface area contributed by atoms with Crippen LogP contribution in [0.2, 0.25) is 5.02 Å². The van der Waals surface area contributed by atoms with Crippen molar-refractivity contribution >= 4 is 17.5 Å². The summed E-state index contributed by atoms with van der Waals surface area (Å²) in [6.45, 7) is 1.79. The second kappa shape index (κ2) is 7.11. The molecular formula is C19H20ClN3O3. The van der Waals surface area contributed by atoms with E-state index in [1.807, 2.05) is 17.0 Å². The normalized spacial score (nSPS) is 18.8. The smallest absolute Gasteiger partial charge is 0.293 e. The molecule has 7 heteroatoms. The third-order valence-electron chi connectivity index (χ3n) is 5.07. The zero-order valence-electron chi connectivity index (χ0n) is 14.4. The number of halogens is 1. The molecule has 136 valence electrons. The van der Waals surface area contributed by atoms with Gasteiger partial charge in [-0.15, -0.1) is 0 Å². The van der Waals surface area contributed by atoms with Gasteiger partial charge in [0.2, 0.25) is 5.91 Å². The Kier molecular flexibility index (Phi) is 4.68. The number of amides is 1. The Bertz CT molecular complexity index is 876. The lowest BCUT2D eigenvalue weighted by atomic mass is 10.2. The highest BCUT2D eigenvalue weighted by Gasteiger charge is 2.35. The van der Waals surface area contributed by atoms with E-state index in [0.29, 0.717) is 17.9 Å². The Morgan fingerprint density at radius 3 is 2.73 bits per heavy atom. The van der Waals surface area contributed by atoms with Gasteiger partial charge in [-0.2, -0.15) is 0 Å². The van der Waals surface area contributed by atoms with E-state index < -0.39 is 6.04 Å². The molecule has 2 aliphatic heterocycles. The molecule has 4 heterocycles. The van der Waals surface area contributed by atoms with Crippen molar-refractivity contribution in [2.75, 3.05) is 13.1 Å². The molecule has 0 aromatic carbocycles. The van der Waals surface area contributed by atoms with Gasteiger partial charge in [0.05, 0.1) is 5.02 Å². The van der Waals surface area contributed by atoms with Crippen molar-refractivity contribution in [1.29, 1.82) is 0 Å². The van der Waals surface area contributed by atoms with Gasteiger partial charge >= 0.3 is 0 Å². The summed E-state index contributed by atoms with van der Waals surface area (Å²) in [5, 5.41) is 0.478. The van der Waals surface area contributed by atoms with Crippen LogP contribution in [0.4, 0.5) is 0 Å². The lowest BCUT2D eigenvalue weighted by Crippen LogP contribution is -2.37. The first kappa shape index (κ1) is 17.1. The quantitative estimate of drug-likeness (QED) is 0.826. The molecule has 0 spiro atoms. The van der Waals surface area contributed by atoms with Gasteiger partial charge in [-0.25, -0.2) is 0 Å². The molecule has 0 aliphatic carbocycles. The zero-order valence-corrected chi connectivity index (χ0v) is 15.1. The third-order valence-corrected chi connectivity index (χ3v) is 5.39. The van der Waals surface area contributed by atoms with Crippen LogP contribution in [0.25, 0.3) is 0 Å². The van der Waals surface area contributed by atoms with Crippen LogP contribution in [0.5, 0.6) is 5.75 Å². The summed E-state index contributed by atoms with van der Waals surface area (Å²) < 4.78 is 7.26. The highest BCUT2D eigenvalue weighted by atomic mass is 35.5. The molecule has 1 atom stereocenters. The van der Waals surface area contributed by atoms with E-state index in [1.54, 1.807) is 23.0 Å². The fourth-order valence-electron chi connectivity index (χ4n) is 3.71. The van der Waals surface area contributed by atoms with E-state index in [1.165, 1.54) is 0 Å².